The molecule has 0 aliphatic rings. The SMILES string of the molecule is C=C(C)C(=O)OCCCCCCCCCCCC.C=C(C)c1ccccc1.C=CC(=O)OCCCC. The minimum absolute atomic E-state index is 0.258. The first kappa shape index (κ1) is 35.5. The second kappa shape index (κ2) is 27.0. The molecule has 0 fully saturated rings. The molecule has 0 amide bonds. The van der Waals surface area contributed by atoms with Crippen molar-refractivity contribution >= 4 is 17.5 Å². The number of allylic oxidation sites excluding steroid dienone is 1. The molecule has 0 bridgehead atoms. The van der Waals surface area contributed by atoms with Crippen molar-refractivity contribution in [2.75, 3.05) is 13.2 Å². The third kappa shape index (κ3) is 26.0. The smallest absolute Gasteiger partial charge is 0.333 e. The third-order valence-corrected chi connectivity index (χ3v) is 5.25. The maximum Gasteiger partial charge on any atom is 0.333 e. The Morgan fingerprint density at radius 1 is 0.722 bits per heavy atom. The van der Waals surface area contributed by atoms with Crippen LogP contribution in [-0.2, 0) is 19.1 Å². The van der Waals surface area contributed by atoms with Crippen LogP contribution in [0.4, 0.5) is 0 Å². The molecular formula is C32H52O4. The summed E-state index contributed by atoms with van der Waals surface area (Å²) in [5.41, 5.74) is 2.83. The topological polar surface area (TPSA) is 52.6 Å². The number of rotatable bonds is 17. The molecule has 0 unspecified atom stereocenters. The van der Waals surface area contributed by atoms with Crippen LogP contribution in [0.15, 0.2) is 61.7 Å². The number of ether oxygens (including phenoxy) is 2. The summed E-state index contributed by atoms with van der Waals surface area (Å²) in [5.74, 6) is -0.589. The van der Waals surface area contributed by atoms with Crippen molar-refractivity contribution in [2.45, 2.75) is 105 Å². The lowest BCUT2D eigenvalue weighted by molar-refractivity contribution is -0.139. The molecule has 0 radical (unpaired) electrons. The van der Waals surface area contributed by atoms with Crippen molar-refractivity contribution in [3.63, 3.8) is 0 Å². The van der Waals surface area contributed by atoms with Crippen LogP contribution in [-0.4, -0.2) is 25.2 Å². The van der Waals surface area contributed by atoms with Crippen molar-refractivity contribution in [1.29, 1.82) is 0 Å². The zero-order valence-corrected chi connectivity index (χ0v) is 23.6. The summed E-state index contributed by atoms with van der Waals surface area (Å²) in [6, 6.07) is 10.2. The zero-order chi connectivity index (χ0) is 27.4. The van der Waals surface area contributed by atoms with Gasteiger partial charge in [-0.05, 0) is 32.3 Å². The summed E-state index contributed by atoms with van der Waals surface area (Å²) >= 11 is 0. The number of esters is 2. The van der Waals surface area contributed by atoms with Crippen LogP contribution >= 0.6 is 0 Å². The number of hydrogen-bond acceptors (Lipinski definition) is 4. The monoisotopic (exact) mass is 500 g/mol. The lowest BCUT2D eigenvalue weighted by Gasteiger charge is -2.04. The fraction of sp³-hybridized carbons (Fsp3) is 0.562. The molecule has 4 heteroatoms. The summed E-state index contributed by atoms with van der Waals surface area (Å²) in [6.07, 6.45) is 16.1. The maximum absolute atomic E-state index is 11.1. The molecule has 0 atom stereocenters. The predicted octanol–water partition coefficient (Wildman–Crippen LogP) is 9.26. The van der Waals surface area contributed by atoms with Gasteiger partial charge in [0.25, 0.3) is 0 Å². The van der Waals surface area contributed by atoms with Crippen LogP contribution in [0.1, 0.15) is 110 Å². The fourth-order valence-corrected chi connectivity index (χ4v) is 2.98. The second-order valence-corrected chi connectivity index (χ2v) is 8.97. The molecule has 0 aliphatic carbocycles. The summed E-state index contributed by atoms with van der Waals surface area (Å²) in [7, 11) is 0. The molecule has 1 rings (SSSR count). The number of carbonyl (C=O) groups excluding carboxylic acids is 2. The van der Waals surface area contributed by atoms with Gasteiger partial charge in [-0.15, -0.1) is 0 Å². The molecule has 36 heavy (non-hydrogen) atoms. The number of carbonyl (C=O) groups is 2. The van der Waals surface area contributed by atoms with Gasteiger partial charge >= 0.3 is 11.9 Å². The normalized spacial score (nSPS) is 9.56. The fourth-order valence-electron chi connectivity index (χ4n) is 2.98. The summed E-state index contributed by atoms with van der Waals surface area (Å²) in [6.45, 7) is 19.7. The summed E-state index contributed by atoms with van der Waals surface area (Å²) < 4.78 is 9.71. The van der Waals surface area contributed by atoms with Gasteiger partial charge < -0.3 is 9.47 Å². The Kier molecular flexibility index (Phi) is 26.6. The number of hydrogen-bond donors (Lipinski definition) is 0. The van der Waals surface area contributed by atoms with E-state index in [4.69, 9.17) is 4.74 Å². The van der Waals surface area contributed by atoms with E-state index in [9.17, 15) is 9.59 Å². The molecule has 204 valence electrons. The number of unbranched alkanes of at least 4 members (excludes halogenated alkanes) is 10. The highest BCUT2D eigenvalue weighted by atomic mass is 16.5. The van der Waals surface area contributed by atoms with Crippen molar-refractivity contribution in [3.8, 4) is 0 Å². The van der Waals surface area contributed by atoms with Crippen LogP contribution < -0.4 is 0 Å². The van der Waals surface area contributed by atoms with E-state index in [0.717, 1.165) is 24.8 Å². The van der Waals surface area contributed by atoms with Gasteiger partial charge in [-0.1, -0.05) is 134 Å². The first-order valence-electron chi connectivity index (χ1n) is 13.6. The molecule has 1 aromatic carbocycles. The predicted molar refractivity (Wildman–Crippen MR) is 155 cm³/mol. The van der Waals surface area contributed by atoms with Gasteiger partial charge in [0, 0.05) is 11.6 Å². The van der Waals surface area contributed by atoms with Crippen molar-refractivity contribution < 1.29 is 19.1 Å². The standard InChI is InChI=1S/C16H30O2.C9H10.C7H12O2/c1-4-5-6-7-8-9-10-11-12-13-14-18-16(17)15(2)3;1-8(2)9-6-4-3-5-7-9;1-3-5-6-9-7(8)4-2/h2,4-14H2,1,3H3;3-7H,1H2,2H3;4H,2-3,5-6H2,1H3. The Bertz CT molecular complexity index is 706. The first-order valence-corrected chi connectivity index (χ1v) is 13.6. The molecule has 0 saturated heterocycles. The van der Waals surface area contributed by atoms with Crippen LogP contribution in [0, 0.1) is 0 Å². The van der Waals surface area contributed by atoms with E-state index >= 15 is 0 Å². The molecule has 4 nitrogen and oxygen atoms in total. The lowest BCUT2D eigenvalue weighted by atomic mass is 10.1. The van der Waals surface area contributed by atoms with Gasteiger partial charge in [0.1, 0.15) is 0 Å². The Morgan fingerprint density at radius 3 is 1.61 bits per heavy atom. The minimum atomic E-state index is -0.330. The largest absolute Gasteiger partial charge is 0.463 e. The van der Waals surface area contributed by atoms with Crippen LogP contribution in [0.2, 0.25) is 0 Å². The first-order chi connectivity index (χ1) is 17.3. The van der Waals surface area contributed by atoms with Gasteiger partial charge in [0.05, 0.1) is 13.2 Å². The molecule has 0 N–H and O–H groups in total. The zero-order valence-electron chi connectivity index (χ0n) is 23.6. The van der Waals surface area contributed by atoms with E-state index in [-0.39, 0.29) is 11.9 Å². The van der Waals surface area contributed by atoms with E-state index in [2.05, 4.69) is 43.5 Å². The van der Waals surface area contributed by atoms with Crippen LogP contribution in [0.5, 0.6) is 0 Å². The Morgan fingerprint density at radius 2 is 1.19 bits per heavy atom. The minimum Gasteiger partial charge on any atom is -0.463 e. The molecule has 0 aliphatic heterocycles. The number of benzene rings is 1. The highest BCUT2D eigenvalue weighted by Crippen LogP contribution is 2.11. The summed E-state index contributed by atoms with van der Waals surface area (Å²) in [5, 5.41) is 0. The average molecular weight is 501 g/mol. The maximum atomic E-state index is 11.1. The van der Waals surface area contributed by atoms with E-state index in [1.54, 1.807) is 6.92 Å². The average Bonchev–Trinajstić information content (AvgIpc) is 2.88. The highest BCUT2D eigenvalue weighted by Gasteiger charge is 2.01. The van der Waals surface area contributed by atoms with E-state index in [1.807, 2.05) is 32.0 Å². The molecule has 1 aromatic rings. The quantitative estimate of drug-likeness (QED) is 0.121. The highest BCUT2D eigenvalue weighted by molar-refractivity contribution is 5.86. The Balaban J connectivity index is 0. The van der Waals surface area contributed by atoms with Gasteiger partial charge in [-0.25, -0.2) is 9.59 Å². The molecule has 0 aromatic heterocycles. The van der Waals surface area contributed by atoms with Gasteiger partial charge in [-0.2, -0.15) is 0 Å². The third-order valence-electron chi connectivity index (χ3n) is 5.25. The van der Waals surface area contributed by atoms with Gasteiger partial charge in [0.15, 0.2) is 0 Å². The second-order valence-electron chi connectivity index (χ2n) is 8.97. The van der Waals surface area contributed by atoms with Crippen molar-refractivity contribution in [3.05, 3.63) is 67.3 Å². The molecular weight excluding hydrogens is 448 g/mol. The Labute approximate surface area is 221 Å². The summed E-state index contributed by atoms with van der Waals surface area (Å²) in [4.78, 5) is 21.4. The van der Waals surface area contributed by atoms with E-state index in [0.29, 0.717) is 18.8 Å². The Hall–Kier alpha value is -2.62. The van der Waals surface area contributed by atoms with Crippen LogP contribution in [0.25, 0.3) is 5.57 Å². The lowest BCUT2D eigenvalue weighted by Crippen LogP contribution is -2.05. The van der Waals surface area contributed by atoms with Crippen molar-refractivity contribution in [1.82, 2.24) is 0 Å². The van der Waals surface area contributed by atoms with E-state index in [1.165, 1.54) is 69.4 Å². The molecule has 0 heterocycles. The van der Waals surface area contributed by atoms with Gasteiger partial charge in [0.2, 0.25) is 0 Å². The van der Waals surface area contributed by atoms with Gasteiger partial charge in [-0.3, -0.25) is 0 Å². The molecule has 0 saturated carbocycles. The molecule has 0 spiro atoms. The van der Waals surface area contributed by atoms with Crippen LogP contribution in [0.3, 0.4) is 0 Å². The van der Waals surface area contributed by atoms with Crippen molar-refractivity contribution in [2.24, 2.45) is 0 Å². The van der Waals surface area contributed by atoms with E-state index < -0.39 is 0 Å².